The van der Waals surface area contributed by atoms with E-state index in [0.29, 0.717) is 36.9 Å². The first-order chi connectivity index (χ1) is 8.03. The van der Waals surface area contributed by atoms with E-state index in [1.165, 1.54) is 6.20 Å². The lowest BCUT2D eigenvalue weighted by molar-refractivity contribution is 0.0125. The first-order valence-corrected chi connectivity index (χ1v) is 5.82. The largest absolute Gasteiger partial charge is 0.385 e. The van der Waals surface area contributed by atoms with Crippen molar-refractivity contribution in [2.45, 2.75) is 25.5 Å². The Morgan fingerprint density at radius 1 is 1.41 bits per heavy atom. The van der Waals surface area contributed by atoms with E-state index in [1.54, 1.807) is 25.8 Å². The third kappa shape index (κ3) is 3.67. The summed E-state index contributed by atoms with van der Waals surface area (Å²) < 4.78 is 11.6. The number of hydrogen-bond acceptors (Lipinski definition) is 4. The molecule has 1 heterocycles. The molecule has 0 fully saturated rings. The summed E-state index contributed by atoms with van der Waals surface area (Å²) in [5.41, 5.74) is -0.453. The van der Waals surface area contributed by atoms with Crippen molar-refractivity contribution in [2.24, 2.45) is 0 Å². The van der Waals surface area contributed by atoms with Crippen molar-refractivity contribution in [1.82, 2.24) is 9.78 Å². The third-order valence-electron chi connectivity index (χ3n) is 2.61. The predicted molar refractivity (Wildman–Crippen MR) is 65.2 cm³/mol. The first-order valence-electron chi connectivity index (χ1n) is 5.45. The molecule has 0 aromatic carbocycles. The van der Waals surface area contributed by atoms with Gasteiger partial charge in [-0.1, -0.05) is 11.6 Å². The fraction of sp³-hybridized carbons (Fsp3) is 0.727. The highest BCUT2D eigenvalue weighted by Gasteiger charge is 2.29. The Balaban J connectivity index is 2.89. The zero-order chi connectivity index (χ0) is 12.9. The average molecular weight is 263 g/mol. The van der Waals surface area contributed by atoms with Crippen LogP contribution in [0, 0.1) is 0 Å². The molecule has 0 aliphatic rings. The van der Waals surface area contributed by atoms with Crippen molar-refractivity contribution in [2.75, 3.05) is 27.4 Å². The van der Waals surface area contributed by atoms with Gasteiger partial charge in [-0.25, -0.2) is 0 Å². The second-order valence-electron chi connectivity index (χ2n) is 4.07. The van der Waals surface area contributed by atoms with E-state index >= 15 is 0 Å². The SMILES string of the molecule is COCCn1ncc(Cl)c1C(C)(O)CCOC. The van der Waals surface area contributed by atoms with Crippen LogP contribution >= 0.6 is 11.6 Å². The molecule has 0 radical (unpaired) electrons. The van der Waals surface area contributed by atoms with Crippen LogP contribution in [0.1, 0.15) is 19.0 Å². The summed E-state index contributed by atoms with van der Waals surface area (Å²) in [7, 11) is 3.22. The van der Waals surface area contributed by atoms with Gasteiger partial charge in [-0.3, -0.25) is 4.68 Å². The first kappa shape index (κ1) is 14.4. The normalized spacial score (nSPS) is 14.9. The summed E-state index contributed by atoms with van der Waals surface area (Å²) >= 11 is 6.06. The summed E-state index contributed by atoms with van der Waals surface area (Å²) in [6.07, 6.45) is 2.00. The van der Waals surface area contributed by atoms with Crippen molar-refractivity contribution >= 4 is 11.6 Å². The maximum atomic E-state index is 10.4. The van der Waals surface area contributed by atoms with Gasteiger partial charge in [-0.15, -0.1) is 0 Å². The van der Waals surface area contributed by atoms with E-state index < -0.39 is 5.60 Å². The van der Waals surface area contributed by atoms with Crippen LogP contribution in [0.5, 0.6) is 0 Å². The lowest BCUT2D eigenvalue weighted by atomic mass is 9.98. The lowest BCUT2D eigenvalue weighted by Gasteiger charge is -2.24. The Kier molecular flexibility index (Phi) is 5.39. The summed E-state index contributed by atoms with van der Waals surface area (Å²) in [4.78, 5) is 0. The van der Waals surface area contributed by atoms with Crippen LogP contribution in [-0.2, 0) is 21.6 Å². The molecule has 1 N–H and O–H groups in total. The molecular formula is C11H19ClN2O3. The molecule has 0 saturated heterocycles. The maximum absolute atomic E-state index is 10.4. The number of methoxy groups -OCH3 is 2. The standard InChI is InChI=1S/C11H19ClN2O3/c1-11(15,4-6-16-2)10-9(12)8-13-14(10)5-7-17-3/h8,15H,4-7H2,1-3H3. The number of aliphatic hydroxyl groups is 1. The Hall–Kier alpha value is -0.620. The van der Waals surface area contributed by atoms with Crippen LogP contribution < -0.4 is 0 Å². The minimum Gasteiger partial charge on any atom is -0.385 e. The molecule has 1 atom stereocenters. The van der Waals surface area contributed by atoms with Crippen molar-refractivity contribution in [3.63, 3.8) is 0 Å². The van der Waals surface area contributed by atoms with Gasteiger partial charge in [-0.2, -0.15) is 5.10 Å². The molecule has 5 nitrogen and oxygen atoms in total. The van der Waals surface area contributed by atoms with Crippen LogP contribution in [0.2, 0.25) is 5.02 Å². The highest BCUT2D eigenvalue weighted by molar-refractivity contribution is 6.31. The second-order valence-corrected chi connectivity index (χ2v) is 4.48. The molecule has 0 aliphatic heterocycles. The molecule has 0 amide bonds. The molecule has 6 heteroatoms. The molecular weight excluding hydrogens is 244 g/mol. The highest BCUT2D eigenvalue weighted by Crippen LogP contribution is 2.30. The van der Waals surface area contributed by atoms with Crippen molar-refractivity contribution in [3.05, 3.63) is 16.9 Å². The summed E-state index contributed by atoms with van der Waals surface area (Å²) in [6.45, 7) is 3.24. The Morgan fingerprint density at radius 2 is 2.06 bits per heavy atom. The topological polar surface area (TPSA) is 56.5 Å². The maximum Gasteiger partial charge on any atom is 0.107 e. The van der Waals surface area contributed by atoms with E-state index in [9.17, 15) is 5.11 Å². The number of nitrogens with zero attached hydrogens (tertiary/aromatic N) is 2. The molecule has 1 aromatic rings. The highest BCUT2D eigenvalue weighted by atomic mass is 35.5. The number of hydrogen-bond donors (Lipinski definition) is 1. The minimum atomic E-state index is -1.06. The number of halogens is 1. The number of aromatic nitrogens is 2. The van der Waals surface area contributed by atoms with E-state index in [1.807, 2.05) is 0 Å². The fourth-order valence-corrected chi connectivity index (χ4v) is 2.01. The summed E-state index contributed by atoms with van der Waals surface area (Å²) in [6, 6.07) is 0. The Labute approximate surface area is 106 Å². The molecule has 0 aliphatic carbocycles. The van der Waals surface area contributed by atoms with Gasteiger partial charge in [0, 0.05) is 27.2 Å². The second kappa shape index (κ2) is 6.35. The summed E-state index contributed by atoms with van der Waals surface area (Å²) in [5, 5.41) is 15.0. The van der Waals surface area contributed by atoms with Crippen LogP contribution in [0.25, 0.3) is 0 Å². The van der Waals surface area contributed by atoms with E-state index in [-0.39, 0.29) is 0 Å². The molecule has 17 heavy (non-hydrogen) atoms. The Bertz CT molecular complexity index is 352. The molecule has 1 rings (SSSR count). The molecule has 0 bridgehead atoms. The summed E-state index contributed by atoms with van der Waals surface area (Å²) in [5.74, 6) is 0. The van der Waals surface area contributed by atoms with E-state index in [0.717, 1.165) is 0 Å². The van der Waals surface area contributed by atoms with Gasteiger partial charge >= 0.3 is 0 Å². The van der Waals surface area contributed by atoms with Crippen LogP contribution in [-0.4, -0.2) is 42.3 Å². The van der Waals surface area contributed by atoms with Gasteiger partial charge in [0.25, 0.3) is 0 Å². The van der Waals surface area contributed by atoms with Crippen molar-refractivity contribution in [3.8, 4) is 0 Å². The minimum absolute atomic E-state index is 0.457. The van der Waals surface area contributed by atoms with Gasteiger partial charge in [0.1, 0.15) is 5.60 Å². The average Bonchev–Trinajstić information content (AvgIpc) is 2.66. The fourth-order valence-electron chi connectivity index (χ4n) is 1.66. The quantitative estimate of drug-likeness (QED) is 0.808. The number of rotatable bonds is 7. The number of ether oxygens (including phenoxy) is 2. The monoisotopic (exact) mass is 262 g/mol. The van der Waals surface area contributed by atoms with Crippen LogP contribution in [0.4, 0.5) is 0 Å². The molecule has 1 unspecified atom stereocenters. The predicted octanol–water partition coefficient (Wildman–Crippen LogP) is 1.43. The smallest absolute Gasteiger partial charge is 0.107 e. The van der Waals surface area contributed by atoms with Gasteiger partial charge in [0.2, 0.25) is 0 Å². The van der Waals surface area contributed by atoms with E-state index in [2.05, 4.69) is 5.10 Å². The zero-order valence-corrected chi connectivity index (χ0v) is 11.2. The molecule has 1 aromatic heterocycles. The van der Waals surface area contributed by atoms with Gasteiger partial charge < -0.3 is 14.6 Å². The molecule has 0 spiro atoms. The van der Waals surface area contributed by atoms with Gasteiger partial charge in [-0.05, 0) is 6.92 Å². The van der Waals surface area contributed by atoms with E-state index in [4.69, 9.17) is 21.1 Å². The zero-order valence-electron chi connectivity index (χ0n) is 10.4. The lowest BCUT2D eigenvalue weighted by Crippen LogP contribution is -2.28. The van der Waals surface area contributed by atoms with Gasteiger partial charge in [0.05, 0.1) is 30.1 Å². The third-order valence-corrected chi connectivity index (χ3v) is 2.88. The Morgan fingerprint density at radius 3 is 2.65 bits per heavy atom. The van der Waals surface area contributed by atoms with Crippen LogP contribution in [0.3, 0.4) is 0 Å². The van der Waals surface area contributed by atoms with Gasteiger partial charge in [0.15, 0.2) is 0 Å². The van der Waals surface area contributed by atoms with Crippen molar-refractivity contribution in [1.29, 1.82) is 0 Å². The van der Waals surface area contributed by atoms with Crippen molar-refractivity contribution < 1.29 is 14.6 Å². The van der Waals surface area contributed by atoms with Crippen LogP contribution in [0.15, 0.2) is 6.20 Å². The molecule has 98 valence electrons. The molecule has 0 saturated carbocycles.